The van der Waals surface area contributed by atoms with Crippen LogP contribution in [0.25, 0.3) is 0 Å². The van der Waals surface area contributed by atoms with Gasteiger partial charge in [0.1, 0.15) is 6.04 Å². The highest BCUT2D eigenvalue weighted by molar-refractivity contribution is 5.89. The highest BCUT2D eigenvalue weighted by Crippen LogP contribution is 2.19. The predicted molar refractivity (Wildman–Crippen MR) is 46.9 cm³/mol. The summed E-state index contributed by atoms with van der Waals surface area (Å²) in [7, 11) is 1.31. The van der Waals surface area contributed by atoms with Gasteiger partial charge in [-0.15, -0.1) is 6.58 Å². The number of amides is 1. The van der Waals surface area contributed by atoms with Crippen LogP contribution in [-0.4, -0.2) is 25.0 Å². The van der Waals surface area contributed by atoms with Crippen LogP contribution in [0.4, 0.5) is 0 Å². The van der Waals surface area contributed by atoms with Crippen LogP contribution in [-0.2, 0) is 14.3 Å². The second-order valence-electron chi connectivity index (χ2n) is 3.04. The van der Waals surface area contributed by atoms with Gasteiger partial charge in [-0.3, -0.25) is 4.79 Å². The molecule has 0 radical (unpaired) electrons. The fourth-order valence-corrected chi connectivity index (χ4v) is 1.44. The standard InChI is InChI=1S/C9H13NO3/c1-3-4-6-5-7(9(12)13-2)10-8(6)11/h3,6-7H,1,4-5H2,2H3,(H,10,11). The third kappa shape index (κ3) is 2.08. The molecule has 0 bridgehead atoms. The molecule has 72 valence electrons. The van der Waals surface area contributed by atoms with Gasteiger partial charge in [-0.1, -0.05) is 6.08 Å². The molecule has 0 aromatic carbocycles. The molecule has 1 aliphatic rings. The molecule has 4 nitrogen and oxygen atoms in total. The van der Waals surface area contributed by atoms with Gasteiger partial charge < -0.3 is 10.1 Å². The number of methoxy groups -OCH3 is 1. The topological polar surface area (TPSA) is 55.4 Å². The molecular formula is C9H13NO3. The minimum absolute atomic E-state index is 0.0877. The normalized spacial score (nSPS) is 26.7. The first-order valence-electron chi connectivity index (χ1n) is 4.18. The number of hydrogen-bond acceptors (Lipinski definition) is 3. The van der Waals surface area contributed by atoms with Crippen molar-refractivity contribution in [2.75, 3.05) is 7.11 Å². The third-order valence-electron chi connectivity index (χ3n) is 2.14. The fraction of sp³-hybridized carbons (Fsp3) is 0.556. The highest BCUT2D eigenvalue weighted by Gasteiger charge is 2.35. The van der Waals surface area contributed by atoms with E-state index in [4.69, 9.17) is 0 Å². The minimum Gasteiger partial charge on any atom is -0.467 e. The summed E-state index contributed by atoms with van der Waals surface area (Å²) in [6.45, 7) is 3.55. The lowest BCUT2D eigenvalue weighted by Crippen LogP contribution is -2.34. The lowest BCUT2D eigenvalue weighted by molar-refractivity contribution is -0.143. The minimum atomic E-state index is -0.470. The van der Waals surface area contributed by atoms with Gasteiger partial charge in [-0.2, -0.15) is 0 Å². The number of nitrogens with one attached hydrogen (secondary N) is 1. The van der Waals surface area contributed by atoms with Gasteiger partial charge in [-0.25, -0.2) is 4.79 Å². The van der Waals surface area contributed by atoms with Gasteiger partial charge in [-0.05, 0) is 12.8 Å². The number of carbonyl (C=O) groups is 2. The van der Waals surface area contributed by atoms with Crippen molar-refractivity contribution in [3.8, 4) is 0 Å². The van der Waals surface area contributed by atoms with Gasteiger partial charge in [0.2, 0.25) is 5.91 Å². The lowest BCUT2D eigenvalue weighted by atomic mass is 10.0. The van der Waals surface area contributed by atoms with Gasteiger partial charge in [0.15, 0.2) is 0 Å². The first-order chi connectivity index (χ1) is 6.19. The molecule has 1 amide bonds. The molecule has 0 spiro atoms. The summed E-state index contributed by atoms with van der Waals surface area (Å²) in [5, 5.41) is 2.58. The SMILES string of the molecule is C=CCC1CC(C(=O)OC)NC1=O. The smallest absolute Gasteiger partial charge is 0.328 e. The van der Waals surface area contributed by atoms with Crippen molar-refractivity contribution in [3.05, 3.63) is 12.7 Å². The largest absolute Gasteiger partial charge is 0.467 e. The van der Waals surface area contributed by atoms with E-state index in [1.165, 1.54) is 7.11 Å². The van der Waals surface area contributed by atoms with Crippen molar-refractivity contribution in [1.29, 1.82) is 0 Å². The van der Waals surface area contributed by atoms with Crippen LogP contribution in [0.3, 0.4) is 0 Å². The first-order valence-corrected chi connectivity index (χ1v) is 4.18. The summed E-state index contributed by atoms with van der Waals surface area (Å²) in [6.07, 6.45) is 2.81. The van der Waals surface area contributed by atoms with Gasteiger partial charge in [0, 0.05) is 5.92 Å². The molecule has 0 aliphatic carbocycles. The monoisotopic (exact) mass is 183 g/mol. The summed E-state index contributed by atoms with van der Waals surface area (Å²) in [4.78, 5) is 22.3. The van der Waals surface area contributed by atoms with Crippen molar-refractivity contribution >= 4 is 11.9 Å². The molecule has 1 heterocycles. The van der Waals surface area contributed by atoms with Crippen molar-refractivity contribution in [2.24, 2.45) is 5.92 Å². The van der Waals surface area contributed by atoms with Crippen LogP contribution >= 0.6 is 0 Å². The maximum Gasteiger partial charge on any atom is 0.328 e. The summed E-state index contributed by atoms with van der Waals surface area (Å²) < 4.78 is 4.53. The van der Waals surface area contributed by atoms with Crippen LogP contribution < -0.4 is 5.32 Å². The quantitative estimate of drug-likeness (QED) is 0.503. The number of hydrogen-bond donors (Lipinski definition) is 1. The molecule has 1 rings (SSSR count). The zero-order chi connectivity index (χ0) is 9.84. The average molecular weight is 183 g/mol. The zero-order valence-electron chi connectivity index (χ0n) is 7.58. The Bertz CT molecular complexity index is 237. The number of ether oxygens (including phenoxy) is 1. The second kappa shape index (κ2) is 4.07. The van der Waals surface area contributed by atoms with E-state index in [-0.39, 0.29) is 17.8 Å². The van der Waals surface area contributed by atoms with Crippen molar-refractivity contribution in [2.45, 2.75) is 18.9 Å². The number of rotatable bonds is 3. The Morgan fingerprint density at radius 1 is 1.85 bits per heavy atom. The molecule has 4 heteroatoms. The van der Waals surface area contributed by atoms with Gasteiger partial charge >= 0.3 is 5.97 Å². The number of carbonyl (C=O) groups excluding carboxylic acids is 2. The molecule has 2 atom stereocenters. The van der Waals surface area contributed by atoms with Crippen LogP contribution in [0.1, 0.15) is 12.8 Å². The first kappa shape index (κ1) is 9.77. The van der Waals surface area contributed by atoms with E-state index >= 15 is 0 Å². The van der Waals surface area contributed by atoms with Crippen LogP contribution in [0.2, 0.25) is 0 Å². The highest BCUT2D eigenvalue weighted by atomic mass is 16.5. The molecule has 0 aromatic heterocycles. The van der Waals surface area contributed by atoms with E-state index in [1.54, 1.807) is 6.08 Å². The van der Waals surface area contributed by atoms with Crippen LogP contribution in [0, 0.1) is 5.92 Å². The fourth-order valence-electron chi connectivity index (χ4n) is 1.44. The molecular weight excluding hydrogens is 170 g/mol. The summed E-state index contributed by atoms with van der Waals surface area (Å²) in [6, 6.07) is -0.470. The molecule has 0 saturated carbocycles. The van der Waals surface area contributed by atoms with E-state index in [9.17, 15) is 9.59 Å². The summed E-state index contributed by atoms with van der Waals surface area (Å²) >= 11 is 0. The zero-order valence-corrected chi connectivity index (χ0v) is 7.58. The Morgan fingerprint density at radius 3 is 3.08 bits per heavy atom. The van der Waals surface area contributed by atoms with Crippen LogP contribution in [0.5, 0.6) is 0 Å². The number of esters is 1. The molecule has 1 N–H and O–H groups in total. The Morgan fingerprint density at radius 2 is 2.54 bits per heavy atom. The molecule has 1 fully saturated rings. The molecule has 13 heavy (non-hydrogen) atoms. The maximum atomic E-state index is 11.2. The van der Waals surface area contributed by atoms with Crippen LogP contribution in [0.15, 0.2) is 12.7 Å². The second-order valence-corrected chi connectivity index (χ2v) is 3.04. The van der Waals surface area contributed by atoms with E-state index in [0.29, 0.717) is 12.8 Å². The van der Waals surface area contributed by atoms with Gasteiger partial charge in [0.25, 0.3) is 0 Å². The Hall–Kier alpha value is -1.32. The van der Waals surface area contributed by atoms with Crippen molar-refractivity contribution < 1.29 is 14.3 Å². The van der Waals surface area contributed by atoms with E-state index in [0.717, 1.165) is 0 Å². The Kier molecular flexibility index (Phi) is 3.06. The summed E-state index contributed by atoms with van der Waals surface area (Å²) in [5.41, 5.74) is 0. The third-order valence-corrected chi connectivity index (χ3v) is 2.14. The van der Waals surface area contributed by atoms with Crippen molar-refractivity contribution in [1.82, 2.24) is 5.32 Å². The maximum absolute atomic E-state index is 11.2. The van der Waals surface area contributed by atoms with E-state index in [1.807, 2.05) is 0 Å². The number of allylic oxidation sites excluding steroid dienone is 1. The molecule has 2 unspecified atom stereocenters. The van der Waals surface area contributed by atoms with E-state index < -0.39 is 6.04 Å². The Balaban J connectivity index is 2.54. The molecule has 1 saturated heterocycles. The average Bonchev–Trinajstić information content (AvgIpc) is 2.47. The summed E-state index contributed by atoms with van der Waals surface area (Å²) in [5.74, 6) is -0.586. The Labute approximate surface area is 76.9 Å². The van der Waals surface area contributed by atoms with Gasteiger partial charge in [0.05, 0.1) is 7.11 Å². The van der Waals surface area contributed by atoms with E-state index in [2.05, 4.69) is 16.6 Å². The lowest BCUT2D eigenvalue weighted by Gasteiger charge is -2.05. The predicted octanol–water partition coefficient (Wildman–Crippen LogP) is 0.240. The molecule has 0 aromatic rings. The molecule has 1 aliphatic heterocycles. The van der Waals surface area contributed by atoms with Crippen molar-refractivity contribution in [3.63, 3.8) is 0 Å².